The predicted octanol–water partition coefficient (Wildman–Crippen LogP) is 2.12. The van der Waals surface area contributed by atoms with Crippen molar-refractivity contribution in [2.75, 3.05) is 0 Å². The molecule has 0 aliphatic heterocycles. The zero-order chi connectivity index (χ0) is 11.1. The maximum Gasteiger partial charge on any atom is 0.166 e. The van der Waals surface area contributed by atoms with Crippen LogP contribution in [0.15, 0.2) is 18.3 Å². The number of hydrogen-bond acceptors (Lipinski definition) is 2. The Morgan fingerprint density at radius 3 is 2.33 bits per heavy atom. The van der Waals surface area contributed by atoms with Crippen LogP contribution < -0.4 is 5.73 Å². The van der Waals surface area contributed by atoms with Gasteiger partial charge in [0.2, 0.25) is 0 Å². The number of aromatic nitrogens is 1. The first kappa shape index (κ1) is 12.0. The number of aldehydes is 1. The summed E-state index contributed by atoms with van der Waals surface area (Å²) in [5.74, 6) is 0. The average molecular weight is 208 g/mol. The lowest BCUT2D eigenvalue weighted by molar-refractivity contribution is 0.111. The standard InChI is InChI=1S/C6H7NO.C6H13N/c1-7-4-2-3-6(7)5-8;7-6-4-2-1-3-5-6/h2-5H,1H3;6H,1-5,7H2. The maximum absolute atomic E-state index is 10.1. The van der Waals surface area contributed by atoms with Crippen molar-refractivity contribution < 1.29 is 4.79 Å². The SMILES string of the molecule is Cn1cccc1C=O.NC1CCCCC1. The number of nitrogens with zero attached hydrogens (tertiary/aromatic N) is 1. The molecule has 2 N–H and O–H groups in total. The van der Waals surface area contributed by atoms with Crippen LogP contribution in [0, 0.1) is 0 Å². The first-order valence-corrected chi connectivity index (χ1v) is 5.56. The molecule has 0 saturated heterocycles. The summed E-state index contributed by atoms with van der Waals surface area (Å²) in [5.41, 5.74) is 6.35. The van der Waals surface area contributed by atoms with Gasteiger partial charge in [-0.3, -0.25) is 4.79 Å². The summed E-state index contributed by atoms with van der Waals surface area (Å²) in [6.07, 6.45) is 9.33. The van der Waals surface area contributed by atoms with E-state index < -0.39 is 0 Å². The molecule has 1 aromatic rings. The van der Waals surface area contributed by atoms with Crippen LogP contribution in [-0.2, 0) is 7.05 Å². The molecule has 0 spiro atoms. The first-order valence-electron chi connectivity index (χ1n) is 5.56. The summed E-state index contributed by atoms with van der Waals surface area (Å²) in [7, 11) is 1.84. The van der Waals surface area contributed by atoms with Gasteiger partial charge in [0, 0.05) is 19.3 Å². The van der Waals surface area contributed by atoms with Gasteiger partial charge in [0.1, 0.15) is 0 Å². The molecule has 1 fully saturated rings. The number of nitrogens with two attached hydrogens (primary N) is 1. The number of carbonyl (C=O) groups is 1. The highest BCUT2D eigenvalue weighted by atomic mass is 16.1. The molecule has 1 aliphatic carbocycles. The molecule has 0 radical (unpaired) electrons. The molecular formula is C12H20N2O. The van der Waals surface area contributed by atoms with Crippen LogP contribution in [0.25, 0.3) is 0 Å². The molecule has 3 nitrogen and oxygen atoms in total. The third-order valence-corrected chi connectivity index (χ3v) is 2.75. The minimum atomic E-state index is 0.536. The van der Waals surface area contributed by atoms with E-state index in [-0.39, 0.29) is 0 Å². The third kappa shape index (κ3) is 4.30. The molecule has 2 rings (SSSR count). The molecule has 1 aromatic heterocycles. The molecule has 1 saturated carbocycles. The molecule has 0 amide bonds. The average Bonchev–Trinajstić information content (AvgIpc) is 2.66. The fourth-order valence-electron chi connectivity index (χ4n) is 1.73. The van der Waals surface area contributed by atoms with Gasteiger partial charge in [0.15, 0.2) is 6.29 Å². The van der Waals surface area contributed by atoms with E-state index >= 15 is 0 Å². The lowest BCUT2D eigenvalue weighted by atomic mass is 9.97. The van der Waals surface area contributed by atoms with Crippen LogP contribution in [0.2, 0.25) is 0 Å². The predicted molar refractivity (Wildman–Crippen MR) is 61.9 cm³/mol. The highest BCUT2D eigenvalue weighted by Gasteiger charge is 2.06. The molecule has 0 atom stereocenters. The van der Waals surface area contributed by atoms with Gasteiger partial charge in [0.05, 0.1) is 5.69 Å². The monoisotopic (exact) mass is 208 g/mol. The van der Waals surface area contributed by atoms with Crippen molar-refractivity contribution >= 4 is 6.29 Å². The molecule has 15 heavy (non-hydrogen) atoms. The topological polar surface area (TPSA) is 48.0 Å². The Bertz CT molecular complexity index is 288. The number of aryl methyl sites for hydroxylation is 1. The van der Waals surface area contributed by atoms with Crippen molar-refractivity contribution in [2.24, 2.45) is 12.8 Å². The highest BCUT2D eigenvalue weighted by Crippen LogP contribution is 2.14. The van der Waals surface area contributed by atoms with E-state index in [9.17, 15) is 4.79 Å². The van der Waals surface area contributed by atoms with Crippen molar-refractivity contribution in [1.29, 1.82) is 0 Å². The van der Waals surface area contributed by atoms with Gasteiger partial charge in [-0.05, 0) is 25.0 Å². The molecule has 84 valence electrons. The summed E-state index contributed by atoms with van der Waals surface area (Å²) in [6, 6.07) is 4.14. The van der Waals surface area contributed by atoms with Crippen LogP contribution in [0.3, 0.4) is 0 Å². The smallest absolute Gasteiger partial charge is 0.166 e. The zero-order valence-electron chi connectivity index (χ0n) is 9.36. The van der Waals surface area contributed by atoms with Crippen molar-refractivity contribution in [2.45, 2.75) is 38.1 Å². The lowest BCUT2D eigenvalue weighted by Crippen LogP contribution is -2.22. The van der Waals surface area contributed by atoms with E-state index in [0.717, 1.165) is 6.29 Å². The Morgan fingerprint density at radius 2 is 2.07 bits per heavy atom. The van der Waals surface area contributed by atoms with Gasteiger partial charge in [-0.2, -0.15) is 0 Å². The van der Waals surface area contributed by atoms with Crippen molar-refractivity contribution in [3.8, 4) is 0 Å². The van der Waals surface area contributed by atoms with Crippen LogP contribution in [0.4, 0.5) is 0 Å². The molecule has 3 heteroatoms. The Kier molecular flexibility index (Phi) is 5.12. The van der Waals surface area contributed by atoms with Gasteiger partial charge in [-0.1, -0.05) is 19.3 Å². The third-order valence-electron chi connectivity index (χ3n) is 2.75. The minimum absolute atomic E-state index is 0.536. The van der Waals surface area contributed by atoms with E-state index in [4.69, 9.17) is 5.73 Å². The maximum atomic E-state index is 10.1. The van der Waals surface area contributed by atoms with Gasteiger partial charge in [-0.15, -0.1) is 0 Å². The van der Waals surface area contributed by atoms with E-state index in [2.05, 4.69) is 0 Å². The molecule has 0 unspecified atom stereocenters. The summed E-state index contributed by atoms with van der Waals surface area (Å²) in [5, 5.41) is 0. The quantitative estimate of drug-likeness (QED) is 0.719. The van der Waals surface area contributed by atoms with E-state index in [1.165, 1.54) is 32.1 Å². The van der Waals surface area contributed by atoms with Crippen LogP contribution in [0.5, 0.6) is 0 Å². The number of carbonyl (C=O) groups excluding carboxylic acids is 1. The number of hydrogen-bond donors (Lipinski definition) is 1. The zero-order valence-corrected chi connectivity index (χ0v) is 9.36. The Labute approximate surface area is 91.3 Å². The Morgan fingerprint density at radius 1 is 1.40 bits per heavy atom. The van der Waals surface area contributed by atoms with Gasteiger partial charge >= 0.3 is 0 Å². The van der Waals surface area contributed by atoms with Gasteiger partial charge < -0.3 is 10.3 Å². The summed E-state index contributed by atoms with van der Waals surface area (Å²) in [6.45, 7) is 0. The minimum Gasteiger partial charge on any atom is -0.348 e. The van der Waals surface area contributed by atoms with Crippen LogP contribution >= 0.6 is 0 Å². The van der Waals surface area contributed by atoms with Crippen LogP contribution in [0.1, 0.15) is 42.6 Å². The van der Waals surface area contributed by atoms with Gasteiger partial charge in [-0.25, -0.2) is 0 Å². The normalized spacial score (nSPS) is 16.7. The van der Waals surface area contributed by atoms with E-state index in [1.54, 1.807) is 10.6 Å². The summed E-state index contributed by atoms with van der Waals surface area (Å²) in [4.78, 5) is 10.1. The van der Waals surface area contributed by atoms with Crippen molar-refractivity contribution in [3.05, 3.63) is 24.0 Å². The summed E-state index contributed by atoms with van der Waals surface area (Å²) < 4.78 is 1.77. The molecule has 0 bridgehead atoms. The summed E-state index contributed by atoms with van der Waals surface area (Å²) >= 11 is 0. The number of rotatable bonds is 1. The fraction of sp³-hybridized carbons (Fsp3) is 0.583. The second-order valence-corrected chi connectivity index (χ2v) is 4.06. The Balaban J connectivity index is 0.000000151. The lowest BCUT2D eigenvalue weighted by Gasteiger charge is -2.15. The second-order valence-electron chi connectivity index (χ2n) is 4.06. The largest absolute Gasteiger partial charge is 0.348 e. The first-order chi connectivity index (χ1) is 7.24. The molecular weight excluding hydrogens is 188 g/mol. The molecule has 0 aromatic carbocycles. The van der Waals surface area contributed by atoms with Crippen LogP contribution in [-0.4, -0.2) is 16.9 Å². The molecule has 1 heterocycles. The Hall–Kier alpha value is -1.09. The molecule has 1 aliphatic rings. The van der Waals surface area contributed by atoms with E-state index in [0.29, 0.717) is 11.7 Å². The highest BCUT2D eigenvalue weighted by molar-refractivity contribution is 5.72. The van der Waals surface area contributed by atoms with Crippen molar-refractivity contribution in [3.63, 3.8) is 0 Å². The van der Waals surface area contributed by atoms with Crippen molar-refractivity contribution in [1.82, 2.24) is 4.57 Å². The van der Waals surface area contributed by atoms with E-state index in [1.807, 2.05) is 19.3 Å². The van der Waals surface area contributed by atoms with Gasteiger partial charge in [0.25, 0.3) is 0 Å². The fourth-order valence-corrected chi connectivity index (χ4v) is 1.73. The second kappa shape index (κ2) is 6.40.